The average molecular weight is 377 g/mol. The number of aryl methyl sites for hydroxylation is 1. The van der Waals surface area contributed by atoms with Gasteiger partial charge in [0.15, 0.2) is 17.3 Å². The molecule has 0 amide bonds. The van der Waals surface area contributed by atoms with E-state index in [1.165, 1.54) is 4.88 Å². The Hall–Kier alpha value is -3.26. The Kier molecular flexibility index (Phi) is 3.83. The molecule has 8 heteroatoms. The summed E-state index contributed by atoms with van der Waals surface area (Å²) >= 11 is 1.64. The van der Waals surface area contributed by atoms with E-state index in [9.17, 15) is 0 Å². The van der Waals surface area contributed by atoms with Crippen LogP contribution in [0.2, 0.25) is 0 Å². The monoisotopic (exact) mass is 377 g/mol. The number of nitrogens with one attached hydrogen (secondary N) is 1. The lowest BCUT2D eigenvalue weighted by Gasteiger charge is -2.09. The van der Waals surface area contributed by atoms with E-state index < -0.39 is 0 Å². The summed E-state index contributed by atoms with van der Waals surface area (Å²) in [6.07, 6.45) is 4.95. The standard InChI is InChI=1S/C19H15N5O2S/c1-11-6-13-17(22-8-12-2-3-15-16(7-12)26-10-25-15)23-18(24-19(13)27-11)14-9-20-4-5-21-14/h2-7,9H,8,10H2,1H3,(H,22,23,24). The topological polar surface area (TPSA) is 82.0 Å². The molecule has 0 spiro atoms. The predicted octanol–water partition coefficient (Wildman–Crippen LogP) is 3.80. The molecular weight excluding hydrogens is 362 g/mol. The fourth-order valence-corrected chi connectivity index (χ4v) is 3.82. The van der Waals surface area contributed by atoms with E-state index in [1.807, 2.05) is 18.2 Å². The highest BCUT2D eigenvalue weighted by atomic mass is 32.1. The molecule has 134 valence electrons. The lowest BCUT2D eigenvalue weighted by molar-refractivity contribution is 0.174. The lowest BCUT2D eigenvalue weighted by atomic mass is 10.2. The van der Waals surface area contributed by atoms with Crippen LogP contribution in [0.1, 0.15) is 10.4 Å². The van der Waals surface area contributed by atoms with Gasteiger partial charge < -0.3 is 14.8 Å². The number of rotatable bonds is 4. The fourth-order valence-electron chi connectivity index (χ4n) is 2.94. The smallest absolute Gasteiger partial charge is 0.231 e. The quantitative estimate of drug-likeness (QED) is 0.579. The molecule has 1 N–H and O–H groups in total. The van der Waals surface area contributed by atoms with Crippen LogP contribution in [0.5, 0.6) is 11.5 Å². The Morgan fingerprint density at radius 3 is 2.93 bits per heavy atom. The molecule has 0 radical (unpaired) electrons. The summed E-state index contributed by atoms with van der Waals surface area (Å²) in [6.45, 7) is 2.95. The van der Waals surface area contributed by atoms with E-state index in [0.29, 0.717) is 18.1 Å². The molecule has 1 aromatic carbocycles. The molecule has 3 aromatic heterocycles. The van der Waals surface area contributed by atoms with Crippen molar-refractivity contribution in [3.63, 3.8) is 0 Å². The Labute approximate surface area is 159 Å². The van der Waals surface area contributed by atoms with Crippen LogP contribution in [0.15, 0.2) is 42.9 Å². The summed E-state index contributed by atoms with van der Waals surface area (Å²) in [5.74, 6) is 2.89. The van der Waals surface area contributed by atoms with Gasteiger partial charge in [0.2, 0.25) is 6.79 Å². The maximum Gasteiger partial charge on any atom is 0.231 e. The van der Waals surface area contributed by atoms with Crippen molar-refractivity contribution in [2.75, 3.05) is 12.1 Å². The van der Waals surface area contributed by atoms with Gasteiger partial charge in [0, 0.05) is 23.8 Å². The predicted molar refractivity (Wildman–Crippen MR) is 103 cm³/mol. The molecule has 0 aliphatic carbocycles. The minimum absolute atomic E-state index is 0.272. The molecule has 27 heavy (non-hydrogen) atoms. The van der Waals surface area contributed by atoms with E-state index in [-0.39, 0.29) is 6.79 Å². The number of ether oxygens (including phenoxy) is 2. The van der Waals surface area contributed by atoms with Crippen LogP contribution in [0.3, 0.4) is 0 Å². The Morgan fingerprint density at radius 2 is 2.04 bits per heavy atom. The minimum Gasteiger partial charge on any atom is -0.454 e. The third-order valence-electron chi connectivity index (χ3n) is 4.21. The zero-order valence-electron chi connectivity index (χ0n) is 14.5. The first-order chi connectivity index (χ1) is 13.3. The molecular formula is C19H15N5O2S. The van der Waals surface area contributed by atoms with Crippen molar-refractivity contribution in [1.82, 2.24) is 19.9 Å². The second-order valence-electron chi connectivity index (χ2n) is 6.10. The molecule has 4 heterocycles. The Balaban J connectivity index is 1.50. The number of nitrogens with zero attached hydrogens (tertiary/aromatic N) is 4. The Bertz CT molecular complexity index is 1130. The van der Waals surface area contributed by atoms with Gasteiger partial charge in [-0.05, 0) is 30.7 Å². The van der Waals surface area contributed by atoms with Gasteiger partial charge in [-0.2, -0.15) is 0 Å². The summed E-state index contributed by atoms with van der Waals surface area (Å²) in [6, 6.07) is 8.02. The second-order valence-corrected chi connectivity index (χ2v) is 7.34. The Morgan fingerprint density at radius 1 is 1.11 bits per heavy atom. The zero-order chi connectivity index (χ0) is 18.2. The van der Waals surface area contributed by atoms with E-state index in [0.717, 1.165) is 33.1 Å². The van der Waals surface area contributed by atoms with Crippen molar-refractivity contribution in [1.29, 1.82) is 0 Å². The molecule has 0 fully saturated rings. The number of anilines is 1. The lowest BCUT2D eigenvalue weighted by Crippen LogP contribution is -2.04. The van der Waals surface area contributed by atoms with Gasteiger partial charge in [-0.15, -0.1) is 11.3 Å². The third kappa shape index (κ3) is 3.04. The number of benzene rings is 1. The van der Waals surface area contributed by atoms with E-state index >= 15 is 0 Å². The number of hydrogen-bond donors (Lipinski definition) is 1. The highest BCUT2D eigenvalue weighted by Crippen LogP contribution is 2.34. The average Bonchev–Trinajstić information content (AvgIpc) is 3.31. The maximum atomic E-state index is 5.45. The molecule has 1 aliphatic rings. The molecule has 0 saturated heterocycles. The van der Waals surface area contributed by atoms with Gasteiger partial charge in [-0.25, -0.2) is 15.0 Å². The first-order valence-corrected chi connectivity index (χ1v) is 9.25. The van der Waals surface area contributed by atoms with Crippen molar-refractivity contribution < 1.29 is 9.47 Å². The molecule has 0 bridgehead atoms. The van der Waals surface area contributed by atoms with Gasteiger partial charge in [0.05, 0.1) is 11.6 Å². The van der Waals surface area contributed by atoms with Crippen LogP contribution in [-0.4, -0.2) is 26.7 Å². The number of hydrogen-bond acceptors (Lipinski definition) is 8. The van der Waals surface area contributed by atoms with Gasteiger partial charge in [0.1, 0.15) is 16.3 Å². The van der Waals surface area contributed by atoms with Crippen LogP contribution in [0, 0.1) is 6.92 Å². The van der Waals surface area contributed by atoms with Crippen molar-refractivity contribution in [2.45, 2.75) is 13.5 Å². The number of thiophene rings is 1. The minimum atomic E-state index is 0.272. The molecule has 4 aromatic rings. The van der Waals surface area contributed by atoms with Crippen LogP contribution in [-0.2, 0) is 6.54 Å². The van der Waals surface area contributed by atoms with Crippen molar-refractivity contribution in [2.24, 2.45) is 0 Å². The number of fused-ring (bicyclic) bond motifs is 2. The molecule has 0 atom stereocenters. The molecule has 0 unspecified atom stereocenters. The third-order valence-corrected chi connectivity index (χ3v) is 5.15. The van der Waals surface area contributed by atoms with E-state index in [4.69, 9.17) is 14.5 Å². The maximum absolute atomic E-state index is 5.45. The van der Waals surface area contributed by atoms with Crippen LogP contribution in [0.4, 0.5) is 5.82 Å². The highest BCUT2D eigenvalue weighted by Gasteiger charge is 2.15. The van der Waals surface area contributed by atoms with Crippen LogP contribution >= 0.6 is 11.3 Å². The fraction of sp³-hybridized carbons (Fsp3) is 0.158. The molecule has 1 aliphatic heterocycles. The largest absolute Gasteiger partial charge is 0.454 e. The first kappa shape index (κ1) is 16.0. The summed E-state index contributed by atoms with van der Waals surface area (Å²) in [7, 11) is 0. The zero-order valence-corrected chi connectivity index (χ0v) is 15.3. The molecule has 0 saturated carbocycles. The van der Waals surface area contributed by atoms with Crippen LogP contribution < -0.4 is 14.8 Å². The van der Waals surface area contributed by atoms with Gasteiger partial charge in [-0.1, -0.05) is 6.07 Å². The number of aromatic nitrogens is 4. The van der Waals surface area contributed by atoms with Gasteiger partial charge >= 0.3 is 0 Å². The molecule has 5 rings (SSSR count). The van der Waals surface area contributed by atoms with Gasteiger partial charge in [0.25, 0.3) is 0 Å². The van der Waals surface area contributed by atoms with Gasteiger partial charge in [-0.3, -0.25) is 4.98 Å². The first-order valence-electron chi connectivity index (χ1n) is 8.43. The molecule has 7 nitrogen and oxygen atoms in total. The van der Waals surface area contributed by atoms with E-state index in [2.05, 4.69) is 33.3 Å². The summed E-state index contributed by atoms with van der Waals surface area (Å²) in [5.41, 5.74) is 1.73. The van der Waals surface area contributed by atoms with Crippen molar-refractivity contribution in [3.8, 4) is 23.0 Å². The summed E-state index contributed by atoms with van der Waals surface area (Å²) in [4.78, 5) is 19.9. The summed E-state index contributed by atoms with van der Waals surface area (Å²) in [5, 5.41) is 4.44. The van der Waals surface area contributed by atoms with E-state index in [1.54, 1.807) is 29.9 Å². The second kappa shape index (κ2) is 6.48. The highest BCUT2D eigenvalue weighted by molar-refractivity contribution is 7.18. The SMILES string of the molecule is Cc1cc2c(NCc3ccc4c(c3)OCO4)nc(-c3cnccn3)nc2s1. The van der Waals surface area contributed by atoms with Crippen LogP contribution in [0.25, 0.3) is 21.7 Å². The van der Waals surface area contributed by atoms with Crippen molar-refractivity contribution >= 4 is 27.4 Å². The summed E-state index contributed by atoms with van der Waals surface area (Å²) < 4.78 is 10.8. The normalized spacial score (nSPS) is 12.5. The van der Waals surface area contributed by atoms with Crippen molar-refractivity contribution in [3.05, 3.63) is 53.3 Å².